The van der Waals surface area contributed by atoms with Crippen LogP contribution in [0.5, 0.6) is 0 Å². The fraction of sp³-hybridized carbons (Fsp3) is 0.615. The van der Waals surface area contributed by atoms with Crippen molar-refractivity contribution in [3.8, 4) is 0 Å². The molecule has 18 heavy (non-hydrogen) atoms. The molecule has 5 heteroatoms. The minimum absolute atomic E-state index is 0.0817. The molecule has 0 bridgehead atoms. The zero-order valence-corrected chi connectivity index (χ0v) is 11.7. The highest BCUT2D eigenvalue weighted by Crippen LogP contribution is 2.11. The summed E-state index contributed by atoms with van der Waals surface area (Å²) < 4.78 is 5.22. The number of aromatic nitrogens is 2. The highest BCUT2D eigenvalue weighted by molar-refractivity contribution is 5.85. The molecule has 0 aliphatic carbocycles. The van der Waals surface area contributed by atoms with E-state index in [1.54, 1.807) is 12.3 Å². The van der Waals surface area contributed by atoms with E-state index in [1.165, 1.54) is 0 Å². The number of hydrogen-bond acceptors (Lipinski definition) is 5. The molecule has 0 aliphatic rings. The summed E-state index contributed by atoms with van der Waals surface area (Å²) in [4.78, 5) is 19.9. The molecular formula is C13H21N3O2. The monoisotopic (exact) mass is 251 g/mol. The predicted molar refractivity (Wildman–Crippen MR) is 70.6 cm³/mol. The number of rotatable bonds is 4. The number of anilines is 1. The van der Waals surface area contributed by atoms with Gasteiger partial charge in [0.05, 0.1) is 0 Å². The summed E-state index contributed by atoms with van der Waals surface area (Å²) in [6.45, 7) is 9.56. The summed E-state index contributed by atoms with van der Waals surface area (Å²) in [6, 6.07) is 2.03. The van der Waals surface area contributed by atoms with Crippen LogP contribution in [0.3, 0.4) is 0 Å². The molecular weight excluding hydrogens is 230 g/mol. The fourth-order valence-electron chi connectivity index (χ4n) is 1.22. The van der Waals surface area contributed by atoms with E-state index in [0.717, 1.165) is 6.42 Å². The minimum Gasteiger partial charge on any atom is -0.454 e. The van der Waals surface area contributed by atoms with Crippen LogP contribution in [0, 0.1) is 0 Å². The van der Waals surface area contributed by atoms with Crippen LogP contribution in [0.4, 0.5) is 5.82 Å². The Bertz CT molecular complexity index is 413. The van der Waals surface area contributed by atoms with Gasteiger partial charge in [-0.3, -0.25) is 0 Å². The van der Waals surface area contributed by atoms with E-state index in [0.29, 0.717) is 11.9 Å². The van der Waals surface area contributed by atoms with E-state index >= 15 is 0 Å². The molecule has 1 atom stereocenters. The van der Waals surface area contributed by atoms with Gasteiger partial charge in [-0.1, -0.05) is 6.92 Å². The van der Waals surface area contributed by atoms with Gasteiger partial charge in [0.15, 0.2) is 0 Å². The molecule has 0 aliphatic heterocycles. The highest BCUT2D eigenvalue weighted by Gasteiger charge is 2.20. The zero-order valence-electron chi connectivity index (χ0n) is 11.7. The van der Waals surface area contributed by atoms with Crippen molar-refractivity contribution in [2.45, 2.75) is 52.7 Å². The molecule has 0 radical (unpaired) electrons. The van der Waals surface area contributed by atoms with Crippen LogP contribution in [-0.4, -0.2) is 27.6 Å². The van der Waals surface area contributed by atoms with E-state index < -0.39 is 11.6 Å². The Labute approximate surface area is 108 Å². The highest BCUT2D eigenvalue weighted by atomic mass is 16.6. The number of carbonyl (C=O) groups excluding carboxylic acids is 1. The van der Waals surface area contributed by atoms with Crippen molar-refractivity contribution in [3.63, 3.8) is 0 Å². The summed E-state index contributed by atoms with van der Waals surface area (Å²) in [7, 11) is 0. The van der Waals surface area contributed by atoms with Gasteiger partial charge in [-0.05, 0) is 40.2 Å². The first-order valence-corrected chi connectivity index (χ1v) is 6.14. The standard InChI is InChI=1S/C13H21N3O2/c1-6-9(2)15-10-7-8-14-11(16-10)12(17)18-13(3,4)5/h7-9H,6H2,1-5H3,(H,14,15,16). The molecule has 1 aromatic rings. The van der Waals surface area contributed by atoms with Crippen molar-refractivity contribution in [1.82, 2.24) is 9.97 Å². The molecule has 1 rings (SSSR count). The molecule has 0 spiro atoms. The molecule has 5 nitrogen and oxygen atoms in total. The van der Waals surface area contributed by atoms with Gasteiger partial charge in [0.1, 0.15) is 11.4 Å². The van der Waals surface area contributed by atoms with Gasteiger partial charge >= 0.3 is 5.97 Å². The van der Waals surface area contributed by atoms with Crippen LogP contribution in [0.25, 0.3) is 0 Å². The van der Waals surface area contributed by atoms with Crippen LogP contribution >= 0.6 is 0 Å². The zero-order chi connectivity index (χ0) is 13.8. The van der Waals surface area contributed by atoms with Gasteiger partial charge in [-0.15, -0.1) is 0 Å². The molecule has 100 valence electrons. The quantitative estimate of drug-likeness (QED) is 0.833. The van der Waals surface area contributed by atoms with Crippen LogP contribution in [0.2, 0.25) is 0 Å². The predicted octanol–water partition coefficient (Wildman–Crippen LogP) is 2.64. The summed E-state index contributed by atoms with van der Waals surface area (Å²) in [5.74, 6) is 0.216. The lowest BCUT2D eigenvalue weighted by molar-refractivity contribution is 0.00557. The van der Waals surface area contributed by atoms with Crippen LogP contribution in [0.1, 0.15) is 51.7 Å². The minimum atomic E-state index is -0.541. The maximum absolute atomic E-state index is 11.8. The number of ether oxygens (including phenoxy) is 1. The molecule has 1 aromatic heterocycles. The first-order chi connectivity index (χ1) is 8.31. The molecule has 0 saturated heterocycles. The van der Waals surface area contributed by atoms with Crippen LogP contribution in [0.15, 0.2) is 12.3 Å². The average molecular weight is 251 g/mol. The molecule has 1 N–H and O–H groups in total. The smallest absolute Gasteiger partial charge is 0.376 e. The van der Waals surface area contributed by atoms with Gasteiger partial charge in [-0.2, -0.15) is 0 Å². The Kier molecular flexibility index (Phi) is 4.64. The van der Waals surface area contributed by atoms with Crippen molar-refractivity contribution < 1.29 is 9.53 Å². The van der Waals surface area contributed by atoms with E-state index in [1.807, 2.05) is 20.8 Å². The normalized spacial score (nSPS) is 12.9. The van der Waals surface area contributed by atoms with E-state index in [9.17, 15) is 4.79 Å². The lowest BCUT2D eigenvalue weighted by atomic mass is 10.2. The summed E-state index contributed by atoms with van der Waals surface area (Å²) in [5, 5.41) is 3.19. The van der Waals surface area contributed by atoms with Crippen molar-refractivity contribution in [1.29, 1.82) is 0 Å². The second kappa shape index (κ2) is 5.80. The third kappa shape index (κ3) is 4.69. The van der Waals surface area contributed by atoms with Gasteiger partial charge < -0.3 is 10.1 Å². The molecule has 0 amide bonds. The Hall–Kier alpha value is -1.65. The van der Waals surface area contributed by atoms with E-state index in [4.69, 9.17) is 4.74 Å². The van der Waals surface area contributed by atoms with Crippen LogP contribution in [-0.2, 0) is 4.74 Å². The third-order valence-electron chi connectivity index (χ3n) is 2.24. The van der Waals surface area contributed by atoms with Gasteiger partial charge in [0, 0.05) is 12.2 Å². The van der Waals surface area contributed by atoms with Crippen molar-refractivity contribution in [2.24, 2.45) is 0 Å². The van der Waals surface area contributed by atoms with Gasteiger partial charge in [0.25, 0.3) is 0 Å². The topological polar surface area (TPSA) is 64.1 Å². The first kappa shape index (κ1) is 14.4. The van der Waals surface area contributed by atoms with Crippen molar-refractivity contribution in [3.05, 3.63) is 18.1 Å². The number of nitrogens with zero attached hydrogens (tertiary/aromatic N) is 2. The summed E-state index contributed by atoms with van der Waals surface area (Å²) in [6.07, 6.45) is 2.53. The van der Waals surface area contributed by atoms with E-state index in [-0.39, 0.29) is 5.82 Å². The maximum Gasteiger partial charge on any atom is 0.376 e. The van der Waals surface area contributed by atoms with Crippen LogP contribution < -0.4 is 5.32 Å². The lowest BCUT2D eigenvalue weighted by Gasteiger charge is -2.19. The average Bonchev–Trinajstić information content (AvgIpc) is 2.27. The van der Waals surface area contributed by atoms with Crippen molar-refractivity contribution >= 4 is 11.8 Å². The third-order valence-corrected chi connectivity index (χ3v) is 2.24. The number of esters is 1. The summed E-state index contributed by atoms with van der Waals surface area (Å²) >= 11 is 0. The first-order valence-electron chi connectivity index (χ1n) is 6.14. The summed E-state index contributed by atoms with van der Waals surface area (Å²) in [5.41, 5.74) is -0.541. The molecule has 1 unspecified atom stereocenters. The lowest BCUT2D eigenvalue weighted by Crippen LogP contribution is -2.25. The van der Waals surface area contributed by atoms with Gasteiger partial charge in [-0.25, -0.2) is 14.8 Å². The second-order valence-electron chi connectivity index (χ2n) is 5.22. The number of hydrogen-bond donors (Lipinski definition) is 1. The van der Waals surface area contributed by atoms with Crippen molar-refractivity contribution in [2.75, 3.05) is 5.32 Å². The molecule has 0 saturated carbocycles. The molecule has 0 fully saturated rings. The Morgan fingerprint density at radius 1 is 1.50 bits per heavy atom. The number of carbonyl (C=O) groups is 1. The molecule has 0 aromatic carbocycles. The fourth-order valence-corrected chi connectivity index (χ4v) is 1.22. The molecule has 1 heterocycles. The maximum atomic E-state index is 11.8. The Morgan fingerprint density at radius 2 is 2.17 bits per heavy atom. The SMILES string of the molecule is CCC(C)Nc1ccnc(C(=O)OC(C)(C)C)n1. The Balaban J connectivity index is 2.78. The van der Waals surface area contributed by atoms with E-state index in [2.05, 4.69) is 29.1 Å². The largest absolute Gasteiger partial charge is 0.454 e. The second-order valence-corrected chi connectivity index (χ2v) is 5.22. The Morgan fingerprint density at radius 3 is 2.72 bits per heavy atom. The van der Waals surface area contributed by atoms with Gasteiger partial charge in [0.2, 0.25) is 5.82 Å². The number of nitrogens with one attached hydrogen (secondary N) is 1.